The molecule has 0 saturated heterocycles. The zero-order chi connectivity index (χ0) is 18.4. The summed E-state index contributed by atoms with van der Waals surface area (Å²) in [6.45, 7) is 0. The summed E-state index contributed by atoms with van der Waals surface area (Å²) in [5, 5.41) is 7.52. The molecule has 0 aliphatic rings. The first kappa shape index (κ1) is 17.1. The number of ether oxygens (including phenoxy) is 2. The van der Waals surface area contributed by atoms with Gasteiger partial charge in [-0.2, -0.15) is 0 Å². The molecule has 0 aliphatic carbocycles. The third-order valence-electron chi connectivity index (χ3n) is 3.57. The SMILES string of the molecule is N=Cc1cc(OC(=O)c2ccccc2)ccc1OC(=O)c1ccccc1. The highest BCUT2D eigenvalue weighted by Crippen LogP contribution is 2.24. The highest BCUT2D eigenvalue weighted by molar-refractivity contribution is 5.93. The third-order valence-corrected chi connectivity index (χ3v) is 3.57. The monoisotopic (exact) mass is 345 g/mol. The van der Waals surface area contributed by atoms with Crippen LogP contribution in [0.4, 0.5) is 0 Å². The predicted molar refractivity (Wildman–Crippen MR) is 97.1 cm³/mol. The first-order valence-corrected chi connectivity index (χ1v) is 7.86. The molecule has 0 unspecified atom stereocenters. The van der Waals surface area contributed by atoms with Crippen LogP contribution in [0.1, 0.15) is 26.3 Å². The van der Waals surface area contributed by atoms with Crippen LogP contribution in [-0.4, -0.2) is 18.2 Å². The van der Waals surface area contributed by atoms with Gasteiger partial charge in [0.1, 0.15) is 11.5 Å². The second-order valence-corrected chi connectivity index (χ2v) is 5.36. The molecule has 5 heteroatoms. The van der Waals surface area contributed by atoms with E-state index in [9.17, 15) is 9.59 Å². The first-order chi connectivity index (χ1) is 12.7. The van der Waals surface area contributed by atoms with Crippen LogP contribution < -0.4 is 9.47 Å². The number of carbonyl (C=O) groups excluding carboxylic acids is 2. The number of esters is 2. The Morgan fingerprint density at radius 1 is 0.731 bits per heavy atom. The fraction of sp³-hybridized carbons (Fsp3) is 0. The van der Waals surface area contributed by atoms with Crippen molar-refractivity contribution >= 4 is 18.2 Å². The van der Waals surface area contributed by atoms with Crippen LogP contribution in [0, 0.1) is 5.41 Å². The minimum absolute atomic E-state index is 0.216. The van der Waals surface area contributed by atoms with Crippen molar-refractivity contribution in [2.45, 2.75) is 0 Å². The fourth-order valence-electron chi connectivity index (χ4n) is 2.27. The Morgan fingerprint density at radius 3 is 1.81 bits per heavy atom. The summed E-state index contributed by atoms with van der Waals surface area (Å²) in [6.07, 6.45) is 1.04. The molecule has 0 aromatic heterocycles. The Kier molecular flexibility index (Phi) is 5.19. The second kappa shape index (κ2) is 7.90. The molecule has 0 heterocycles. The van der Waals surface area contributed by atoms with E-state index in [1.54, 1.807) is 60.7 Å². The van der Waals surface area contributed by atoms with E-state index in [0.29, 0.717) is 16.7 Å². The zero-order valence-electron chi connectivity index (χ0n) is 13.7. The Hall–Kier alpha value is -3.73. The average Bonchev–Trinajstić information content (AvgIpc) is 2.70. The van der Waals surface area contributed by atoms with Crippen LogP contribution in [0.5, 0.6) is 11.5 Å². The number of hydrogen-bond donors (Lipinski definition) is 1. The van der Waals surface area contributed by atoms with Gasteiger partial charge >= 0.3 is 11.9 Å². The molecule has 26 heavy (non-hydrogen) atoms. The van der Waals surface area contributed by atoms with Gasteiger partial charge in [0.2, 0.25) is 0 Å². The summed E-state index contributed by atoms with van der Waals surface area (Å²) >= 11 is 0. The molecule has 3 aromatic rings. The van der Waals surface area contributed by atoms with Gasteiger partial charge in [-0.15, -0.1) is 0 Å². The molecular weight excluding hydrogens is 330 g/mol. The van der Waals surface area contributed by atoms with Gasteiger partial charge in [-0.1, -0.05) is 36.4 Å². The number of benzene rings is 3. The van der Waals surface area contributed by atoms with Crippen molar-refractivity contribution in [3.8, 4) is 11.5 Å². The van der Waals surface area contributed by atoms with Crippen LogP contribution in [0.2, 0.25) is 0 Å². The van der Waals surface area contributed by atoms with Gasteiger partial charge in [0.15, 0.2) is 0 Å². The van der Waals surface area contributed by atoms with Gasteiger partial charge in [0, 0.05) is 11.8 Å². The van der Waals surface area contributed by atoms with Crippen LogP contribution in [0.25, 0.3) is 0 Å². The molecular formula is C21H15NO4. The van der Waals surface area contributed by atoms with Crippen molar-refractivity contribution in [2.75, 3.05) is 0 Å². The Balaban J connectivity index is 1.76. The lowest BCUT2D eigenvalue weighted by atomic mass is 10.2. The van der Waals surface area contributed by atoms with E-state index in [1.165, 1.54) is 18.2 Å². The predicted octanol–water partition coefficient (Wildman–Crippen LogP) is 4.12. The van der Waals surface area contributed by atoms with Crippen molar-refractivity contribution < 1.29 is 19.1 Å². The molecule has 5 nitrogen and oxygen atoms in total. The van der Waals surface area contributed by atoms with Crippen LogP contribution >= 0.6 is 0 Å². The van der Waals surface area contributed by atoms with E-state index in [-0.39, 0.29) is 11.5 Å². The maximum absolute atomic E-state index is 12.1. The number of nitrogens with one attached hydrogen (secondary N) is 1. The number of hydrogen-bond acceptors (Lipinski definition) is 5. The Morgan fingerprint density at radius 2 is 1.27 bits per heavy atom. The van der Waals surface area contributed by atoms with Crippen molar-refractivity contribution in [1.29, 1.82) is 5.41 Å². The highest BCUT2D eigenvalue weighted by atomic mass is 16.5. The summed E-state index contributed by atoms with van der Waals surface area (Å²) in [6, 6.07) is 21.6. The summed E-state index contributed by atoms with van der Waals surface area (Å²) in [7, 11) is 0. The quantitative estimate of drug-likeness (QED) is 0.429. The average molecular weight is 345 g/mol. The minimum Gasteiger partial charge on any atom is -0.423 e. The molecule has 0 spiro atoms. The summed E-state index contributed by atoms with van der Waals surface area (Å²) in [5.74, 6) is -0.552. The van der Waals surface area contributed by atoms with Gasteiger partial charge < -0.3 is 14.9 Å². The number of carbonyl (C=O) groups is 2. The molecule has 128 valence electrons. The smallest absolute Gasteiger partial charge is 0.343 e. The zero-order valence-corrected chi connectivity index (χ0v) is 13.7. The van der Waals surface area contributed by atoms with Crippen molar-refractivity contribution in [3.05, 3.63) is 95.6 Å². The van der Waals surface area contributed by atoms with Gasteiger partial charge in [-0.05, 0) is 42.5 Å². The molecule has 1 N–H and O–H groups in total. The van der Waals surface area contributed by atoms with E-state index in [2.05, 4.69) is 0 Å². The number of rotatable bonds is 5. The van der Waals surface area contributed by atoms with Crippen molar-refractivity contribution in [3.63, 3.8) is 0 Å². The summed E-state index contributed by atoms with van der Waals surface area (Å²) in [5.41, 5.74) is 1.15. The molecule has 0 atom stereocenters. The van der Waals surface area contributed by atoms with Crippen molar-refractivity contribution in [1.82, 2.24) is 0 Å². The van der Waals surface area contributed by atoms with E-state index >= 15 is 0 Å². The van der Waals surface area contributed by atoms with E-state index in [4.69, 9.17) is 14.9 Å². The Bertz CT molecular complexity index is 937. The first-order valence-electron chi connectivity index (χ1n) is 7.86. The van der Waals surface area contributed by atoms with E-state index in [0.717, 1.165) is 6.21 Å². The van der Waals surface area contributed by atoms with Crippen molar-refractivity contribution in [2.24, 2.45) is 0 Å². The largest absolute Gasteiger partial charge is 0.423 e. The minimum atomic E-state index is -0.525. The molecule has 0 radical (unpaired) electrons. The lowest BCUT2D eigenvalue weighted by molar-refractivity contribution is 0.0719. The topological polar surface area (TPSA) is 76.4 Å². The molecule has 0 fully saturated rings. The summed E-state index contributed by atoms with van der Waals surface area (Å²) < 4.78 is 10.6. The maximum atomic E-state index is 12.1. The van der Waals surface area contributed by atoms with E-state index in [1.807, 2.05) is 0 Å². The second-order valence-electron chi connectivity index (χ2n) is 5.36. The van der Waals surface area contributed by atoms with E-state index < -0.39 is 11.9 Å². The van der Waals surface area contributed by atoms with Crippen LogP contribution in [0.15, 0.2) is 78.9 Å². The van der Waals surface area contributed by atoms with Crippen LogP contribution in [-0.2, 0) is 0 Å². The van der Waals surface area contributed by atoms with Gasteiger partial charge in [-0.3, -0.25) is 0 Å². The highest BCUT2D eigenvalue weighted by Gasteiger charge is 2.13. The third kappa shape index (κ3) is 4.02. The van der Waals surface area contributed by atoms with Crippen LogP contribution in [0.3, 0.4) is 0 Å². The van der Waals surface area contributed by atoms with Gasteiger partial charge in [-0.25, -0.2) is 9.59 Å². The van der Waals surface area contributed by atoms with Gasteiger partial charge in [0.05, 0.1) is 11.1 Å². The lowest BCUT2D eigenvalue weighted by Crippen LogP contribution is -2.11. The molecule has 0 amide bonds. The fourth-order valence-corrected chi connectivity index (χ4v) is 2.27. The lowest BCUT2D eigenvalue weighted by Gasteiger charge is -2.10. The molecule has 3 aromatic carbocycles. The molecule has 3 rings (SSSR count). The van der Waals surface area contributed by atoms with Gasteiger partial charge in [0.25, 0.3) is 0 Å². The Labute approximate surface area is 150 Å². The maximum Gasteiger partial charge on any atom is 0.343 e. The normalized spacial score (nSPS) is 10.0. The standard InChI is InChI=1S/C21H15NO4/c22-14-17-13-18(25-20(23)15-7-3-1-4-8-15)11-12-19(17)26-21(24)16-9-5-2-6-10-16/h1-14,22H. The summed E-state index contributed by atoms with van der Waals surface area (Å²) in [4.78, 5) is 24.2. The molecule has 0 aliphatic heterocycles. The molecule has 0 bridgehead atoms. The molecule has 0 saturated carbocycles.